The highest BCUT2D eigenvalue weighted by Gasteiger charge is 2.43. The topological polar surface area (TPSA) is 93.2 Å². The molecule has 0 unspecified atom stereocenters. The van der Waals surface area contributed by atoms with E-state index >= 15 is 0 Å². The number of aromatic nitrogens is 3. The third-order valence-corrected chi connectivity index (χ3v) is 13.0. The molecule has 5 rings (SSSR count). The molecule has 13 heteroatoms. The number of rotatable bonds is 7. The van der Waals surface area contributed by atoms with Gasteiger partial charge in [0.2, 0.25) is 0 Å². The van der Waals surface area contributed by atoms with Crippen LogP contribution in [0.5, 0.6) is 0 Å². The zero-order chi connectivity index (χ0) is 29.7. The van der Waals surface area contributed by atoms with E-state index in [4.69, 9.17) is 20.0 Å². The van der Waals surface area contributed by atoms with Crippen molar-refractivity contribution < 1.29 is 22.3 Å². The molecule has 2 saturated heterocycles. The molecule has 4 heterocycles. The molecule has 3 N–H and O–H groups in total. The largest absolute Gasteiger partial charge is 0.416 e. The van der Waals surface area contributed by atoms with E-state index in [2.05, 4.69) is 49.1 Å². The SMILES string of the molecule is Cc1nc2c(N)cc(N3CCOCC3)nn2c1Nc1cccc(C(F)(F)F)c1CN1CC(O[Si](C)(C)C(C)(C)C)C1. The molecule has 41 heavy (non-hydrogen) atoms. The standard InChI is InChI=1S/C28H40F3N7O2Si/c1-18-25(38-26(33-18)22(32)14-24(35-38)37-10-12-39-13-11-37)34-23-9-7-8-21(28(29,30)31)20(23)17-36-15-19(16-36)40-41(5,6)27(2,3)4/h7-9,14,19,34H,10-13,15-17,32H2,1-6H3. The summed E-state index contributed by atoms with van der Waals surface area (Å²) < 4.78 is 56.2. The Balaban J connectivity index is 1.44. The molecule has 0 saturated carbocycles. The molecule has 2 aromatic heterocycles. The lowest BCUT2D eigenvalue weighted by atomic mass is 10.0. The summed E-state index contributed by atoms with van der Waals surface area (Å²) >= 11 is 0. The lowest BCUT2D eigenvalue weighted by molar-refractivity contribution is -0.138. The fourth-order valence-electron chi connectivity index (χ4n) is 5.04. The summed E-state index contributed by atoms with van der Waals surface area (Å²) in [7, 11) is -1.97. The van der Waals surface area contributed by atoms with Crippen LogP contribution in [0.4, 0.5) is 36.2 Å². The van der Waals surface area contributed by atoms with Gasteiger partial charge in [0.15, 0.2) is 25.6 Å². The summed E-state index contributed by atoms with van der Waals surface area (Å²) in [4.78, 5) is 8.64. The smallest absolute Gasteiger partial charge is 0.411 e. The van der Waals surface area contributed by atoms with Gasteiger partial charge in [-0.15, -0.1) is 5.10 Å². The summed E-state index contributed by atoms with van der Waals surface area (Å²) in [5.41, 5.74) is 7.69. The van der Waals surface area contributed by atoms with Crippen molar-refractivity contribution in [3.63, 3.8) is 0 Å². The normalized spacial score (nSPS) is 17.7. The molecule has 0 amide bonds. The first-order valence-corrected chi connectivity index (χ1v) is 16.9. The molecule has 2 aliphatic rings. The highest BCUT2D eigenvalue weighted by atomic mass is 28.4. The number of benzene rings is 1. The van der Waals surface area contributed by atoms with Crippen molar-refractivity contribution in [1.29, 1.82) is 0 Å². The van der Waals surface area contributed by atoms with Crippen molar-refractivity contribution in [2.45, 2.75) is 64.7 Å². The van der Waals surface area contributed by atoms with Crippen molar-refractivity contribution in [3.8, 4) is 0 Å². The summed E-state index contributed by atoms with van der Waals surface area (Å²) in [6, 6.07) is 6.01. The number of nitrogens with one attached hydrogen (secondary N) is 1. The average Bonchev–Trinajstić information content (AvgIpc) is 3.18. The quantitative estimate of drug-likeness (QED) is 0.352. The number of imidazole rings is 1. The van der Waals surface area contributed by atoms with Gasteiger partial charge in [-0.1, -0.05) is 26.8 Å². The van der Waals surface area contributed by atoms with Crippen LogP contribution < -0.4 is 16.0 Å². The van der Waals surface area contributed by atoms with Crippen molar-refractivity contribution in [1.82, 2.24) is 19.5 Å². The Labute approximate surface area is 239 Å². The number of hydrogen-bond acceptors (Lipinski definition) is 8. The summed E-state index contributed by atoms with van der Waals surface area (Å²) in [6.45, 7) is 16.5. The zero-order valence-corrected chi connectivity index (χ0v) is 25.6. The lowest BCUT2D eigenvalue weighted by Crippen LogP contribution is -2.57. The first-order valence-electron chi connectivity index (χ1n) is 14.0. The molecular weight excluding hydrogens is 551 g/mol. The second kappa shape index (κ2) is 10.8. The first kappa shape index (κ1) is 29.6. The molecule has 0 radical (unpaired) electrons. The van der Waals surface area contributed by atoms with Crippen LogP contribution in [0.15, 0.2) is 24.3 Å². The van der Waals surface area contributed by atoms with E-state index in [0.717, 1.165) is 6.07 Å². The summed E-state index contributed by atoms with van der Waals surface area (Å²) in [5.74, 6) is 1.14. The number of anilines is 4. The van der Waals surface area contributed by atoms with Crippen LogP contribution in [0.25, 0.3) is 5.65 Å². The third kappa shape index (κ3) is 6.03. The predicted octanol–water partition coefficient (Wildman–Crippen LogP) is 5.42. The number of ether oxygens (including phenoxy) is 1. The van der Waals surface area contributed by atoms with Crippen LogP contribution in [0.1, 0.15) is 37.6 Å². The van der Waals surface area contributed by atoms with Gasteiger partial charge >= 0.3 is 6.18 Å². The third-order valence-electron chi connectivity index (χ3n) is 8.42. The Morgan fingerprint density at radius 1 is 1.15 bits per heavy atom. The van der Waals surface area contributed by atoms with Crippen LogP contribution in [0.3, 0.4) is 0 Å². The van der Waals surface area contributed by atoms with Crippen LogP contribution >= 0.6 is 0 Å². The molecule has 0 aliphatic carbocycles. The Morgan fingerprint density at radius 2 is 1.83 bits per heavy atom. The number of alkyl halides is 3. The van der Waals surface area contributed by atoms with Gasteiger partial charge in [-0.05, 0) is 37.2 Å². The van der Waals surface area contributed by atoms with Crippen molar-refractivity contribution >= 4 is 37.0 Å². The monoisotopic (exact) mass is 591 g/mol. The van der Waals surface area contributed by atoms with Crippen LogP contribution in [-0.4, -0.2) is 73.3 Å². The van der Waals surface area contributed by atoms with E-state index in [1.165, 1.54) is 6.07 Å². The molecule has 3 aromatic rings. The highest BCUT2D eigenvalue weighted by molar-refractivity contribution is 6.74. The molecule has 0 spiro atoms. The van der Waals surface area contributed by atoms with Crippen molar-refractivity contribution in [2.24, 2.45) is 0 Å². The van der Waals surface area contributed by atoms with Gasteiger partial charge in [0.25, 0.3) is 0 Å². The Morgan fingerprint density at radius 3 is 2.46 bits per heavy atom. The van der Waals surface area contributed by atoms with Crippen LogP contribution in [0, 0.1) is 6.92 Å². The van der Waals surface area contributed by atoms with E-state index in [1.807, 2.05) is 4.90 Å². The van der Waals surface area contributed by atoms with E-state index in [1.54, 1.807) is 23.6 Å². The Bertz CT molecular complexity index is 1410. The van der Waals surface area contributed by atoms with Crippen LogP contribution in [-0.2, 0) is 21.9 Å². The van der Waals surface area contributed by atoms with Gasteiger partial charge in [-0.2, -0.15) is 17.7 Å². The highest BCUT2D eigenvalue weighted by Crippen LogP contribution is 2.40. The number of hydrogen-bond donors (Lipinski definition) is 2. The van der Waals surface area contributed by atoms with Crippen LogP contribution in [0.2, 0.25) is 18.1 Å². The minimum atomic E-state index is -4.50. The van der Waals surface area contributed by atoms with Gasteiger partial charge in [-0.3, -0.25) is 4.90 Å². The molecule has 0 atom stereocenters. The van der Waals surface area contributed by atoms with E-state index in [-0.39, 0.29) is 23.3 Å². The van der Waals surface area contributed by atoms with Gasteiger partial charge < -0.3 is 25.1 Å². The number of nitrogens with zero attached hydrogens (tertiary/aromatic N) is 5. The van der Waals surface area contributed by atoms with Gasteiger partial charge in [0, 0.05) is 50.0 Å². The molecule has 224 valence electrons. The number of likely N-dealkylation sites (tertiary alicyclic amines) is 1. The molecule has 2 fully saturated rings. The maximum Gasteiger partial charge on any atom is 0.416 e. The molecule has 0 bridgehead atoms. The first-order chi connectivity index (χ1) is 19.1. The van der Waals surface area contributed by atoms with Crippen molar-refractivity contribution in [2.75, 3.05) is 55.3 Å². The number of halogens is 3. The maximum absolute atomic E-state index is 14.2. The summed E-state index contributed by atoms with van der Waals surface area (Å²) in [6.07, 6.45) is -4.48. The Kier molecular flexibility index (Phi) is 7.77. The number of morpholine rings is 1. The molecular formula is C28H40F3N7O2Si. The van der Waals surface area contributed by atoms with Gasteiger partial charge in [0.1, 0.15) is 0 Å². The predicted molar refractivity (Wildman–Crippen MR) is 157 cm³/mol. The van der Waals surface area contributed by atoms with E-state index in [9.17, 15) is 13.2 Å². The van der Waals surface area contributed by atoms with Crippen molar-refractivity contribution in [3.05, 3.63) is 41.1 Å². The maximum atomic E-state index is 14.2. The fraction of sp³-hybridized carbons (Fsp3) is 0.571. The second-order valence-electron chi connectivity index (χ2n) is 12.5. The number of nitrogen functional groups attached to an aromatic ring is 1. The zero-order valence-electron chi connectivity index (χ0n) is 24.6. The van der Waals surface area contributed by atoms with E-state index in [0.29, 0.717) is 73.7 Å². The fourth-order valence-corrected chi connectivity index (χ4v) is 6.37. The average molecular weight is 592 g/mol. The van der Waals surface area contributed by atoms with E-state index < -0.39 is 20.1 Å². The molecule has 9 nitrogen and oxygen atoms in total. The second-order valence-corrected chi connectivity index (χ2v) is 17.2. The molecule has 1 aromatic carbocycles. The minimum Gasteiger partial charge on any atom is -0.411 e. The lowest BCUT2D eigenvalue weighted by Gasteiger charge is -2.46. The number of aryl methyl sites for hydroxylation is 1. The number of fused-ring (bicyclic) bond motifs is 1. The minimum absolute atomic E-state index is 0.0251. The number of nitrogens with two attached hydrogens (primary N) is 1. The Hall–Kier alpha value is -2.87. The molecule has 2 aliphatic heterocycles. The van der Waals surface area contributed by atoms with Gasteiger partial charge in [-0.25, -0.2) is 4.98 Å². The van der Waals surface area contributed by atoms with Gasteiger partial charge in [0.05, 0.1) is 36.3 Å². The summed E-state index contributed by atoms with van der Waals surface area (Å²) in [5, 5.41) is 8.08.